The molecule has 31 heavy (non-hydrogen) atoms. The minimum Gasteiger partial charge on any atom is -0.345 e. The van der Waals surface area contributed by atoms with E-state index in [0.717, 1.165) is 6.07 Å². The van der Waals surface area contributed by atoms with E-state index in [2.05, 4.69) is 4.98 Å². The van der Waals surface area contributed by atoms with Crippen molar-refractivity contribution >= 4 is 43.8 Å². The van der Waals surface area contributed by atoms with Gasteiger partial charge in [0.05, 0.1) is 20.5 Å². The molecule has 0 bridgehead atoms. The average Bonchev–Trinajstić information content (AvgIpc) is 3.26. The van der Waals surface area contributed by atoms with Gasteiger partial charge >= 0.3 is 0 Å². The fourth-order valence-corrected chi connectivity index (χ4v) is 5.69. The van der Waals surface area contributed by atoms with Crippen molar-refractivity contribution in [2.75, 3.05) is 31.1 Å². The number of sulfonamides is 1. The van der Waals surface area contributed by atoms with Gasteiger partial charge in [-0.3, -0.25) is 10.1 Å². The van der Waals surface area contributed by atoms with Crippen LogP contribution < -0.4 is 4.90 Å². The lowest BCUT2D eigenvalue weighted by Gasteiger charge is -2.33. The quantitative estimate of drug-likeness (QED) is 0.402. The first-order valence-corrected chi connectivity index (χ1v) is 11.9. The van der Waals surface area contributed by atoms with E-state index in [1.54, 1.807) is 6.07 Å². The van der Waals surface area contributed by atoms with Gasteiger partial charge in [0, 0.05) is 49.3 Å². The van der Waals surface area contributed by atoms with E-state index in [4.69, 9.17) is 11.6 Å². The van der Waals surface area contributed by atoms with Gasteiger partial charge in [0.15, 0.2) is 5.13 Å². The van der Waals surface area contributed by atoms with Gasteiger partial charge in [0.2, 0.25) is 10.0 Å². The molecule has 1 aliphatic rings. The van der Waals surface area contributed by atoms with E-state index in [-0.39, 0.29) is 28.7 Å². The molecule has 0 radical (unpaired) electrons. The molecule has 0 aliphatic carbocycles. The highest BCUT2D eigenvalue weighted by molar-refractivity contribution is 7.89. The second-order valence-corrected chi connectivity index (χ2v) is 9.97. The normalized spacial score (nSPS) is 15.2. The van der Waals surface area contributed by atoms with Crippen LogP contribution in [0.1, 0.15) is 0 Å². The Labute approximate surface area is 186 Å². The van der Waals surface area contributed by atoms with Gasteiger partial charge in [-0.25, -0.2) is 17.8 Å². The number of non-ortho nitro benzene ring substituents is 1. The molecular formula is C19H16ClFN4O4S2. The monoisotopic (exact) mass is 482 g/mol. The highest BCUT2D eigenvalue weighted by atomic mass is 35.5. The van der Waals surface area contributed by atoms with Crippen LogP contribution in [0.15, 0.2) is 52.7 Å². The maximum Gasteiger partial charge on any atom is 0.270 e. The first-order chi connectivity index (χ1) is 14.8. The van der Waals surface area contributed by atoms with Crippen LogP contribution in [0.5, 0.6) is 0 Å². The highest BCUT2D eigenvalue weighted by Gasteiger charge is 2.30. The van der Waals surface area contributed by atoms with Crippen molar-refractivity contribution in [1.82, 2.24) is 9.29 Å². The van der Waals surface area contributed by atoms with Gasteiger partial charge < -0.3 is 4.90 Å². The molecule has 8 nitrogen and oxygen atoms in total. The first-order valence-electron chi connectivity index (χ1n) is 9.16. The summed E-state index contributed by atoms with van der Waals surface area (Å²) in [4.78, 5) is 16.7. The Morgan fingerprint density at radius 2 is 1.87 bits per heavy atom. The molecule has 12 heteroatoms. The summed E-state index contributed by atoms with van der Waals surface area (Å²) in [5.74, 6) is -0.520. The molecule has 4 rings (SSSR count). The van der Waals surface area contributed by atoms with E-state index < -0.39 is 20.8 Å². The number of nitrogens with zero attached hydrogens (tertiary/aromatic N) is 4. The Morgan fingerprint density at radius 3 is 2.55 bits per heavy atom. The van der Waals surface area contributed by atoms with Gasteiger partial charge in [0.25, 0.3) is 5.69 Å². The number of halogens is 2. The van der Waals surface area contributed by atoms with Crippen LogP contribution in [0.25, 0.3) is 11.3 Å². The van der Waals surface area contributed by atoms with Gasteiger partial charge in [-0.1, -0.05) is 23.7 Å². The summed E-state index contributed by atoms with van der Waals surface area (Å²) < 4.78 is 40.8. The number of aromatic nitrogens is 1. The lowest BCUT2D eigenvalue weighted by atomic mass is 10.2. The molecule has 1 aromatic heterocycles. The van der Waals surface area contributed by atoms with E-state index in [9.17, 15) is 22.9 Å². The maximum atomic E-state index is 13.7. The standard InChI is InChI=1S/C19H16ClFN4O4S2/c20-16-5-4-13(10-17(16)21)18-12-30-19(22-18)23-6-8-24(9-7-23)31(28,29)15-3-1-2-14(11-15)25(26)27/h1-5,10-12H,6-9H2. The molecule has 0 amide bonds. The van der Waals surface area contributed by atoms with Crippen LogP contribution in [-0.2, 0) is 10.0 Å². The van der Waals surface area contributed by atoms with Gasteiger partial charge in [-0.05, 0) is 18.2 Å². The minimum atomic E-state index is -3.84. The third-order valence-corrected chi connectivity index (χ3v) is 7.99. The number of piperazine rings is 1. The maximum absolute atomic E-state index is 13.7. The number of rotatable bonds is 5. The molecule has 0 unspecified atom stereocenters. The Hall–Kier alpha value is -2.60. The smallest absolute Gasteiger partial charge is 0.270 e. The zero-order chi connectivity index (χ0) is 22.2. The number of nitro groups is 1. The fraction of sp³-hybridized carbons (Fsp3) is 0.211. The van der Waals surface area contributed by atoms with E-state index >= 15 is 0 Å². The number of benzene rings is 2. The van der Waals surface area contributed by atoms with E-state index in [0.29, 0.717) is 29.5 Å². The Kier molecular flexibility index (Phi) is 5.93. The molecule has 0 atom stereocenters. The summed E-state index contributed by atoms with van der Waals surface area (Å²) in [6.45, 7) is 1.26. The molecule has 2 heterocycles. The largest absolute Gasteiger partial charge is 0.345 e. The lowest BCUT2D eigenvalue weighted by Crippen LogP contribution is -2.48. The summed E-state index contributed by atoms with van der Waals surface area (Å²) in [5, 5.41) is 13.5. The van der Waals surface area contributed by atoms with Crippen LogP contribution >= 0.6 is 22.9 Å². The highest BCUT2D eigenvalue weighted by Crippen LogP contribution is 2.30. The molecule has 3 aromatic rings. The lowest BCUT2D eigenvalue weighted by molar-refractivity contribution is -0.385. The van der Waals surface area contributed by atoms with Crippen molar-refractivity contribution in [3.8, 4) is 11.3 Å². The molecule has 2 aromatic carbocycles. The molecule has 162 valence electrons. The molecular weight excluding hydrogens is 467 g/mol. The fourth-order valence-electron chi connectivity index (χ4n) is 3.22. The third-order valence-electron chi connectivity index (χ3n) is 4.88. The van der Waals surface area contributed by atoms with Crippen molar-refractivity contribution in [3.05, 3.63) is 68.8 Å². The summed E-state index contributed by atoms with van der Waals surface area (Å²) in [5.41, 5.74) is 0.951. The second kappa shape index (κ2) is 8.50. The van der Waals surface area contributed by atoms with Crippen LogP contribution in [0.4, 0.5) is 15.2 Å². The van der Waals surface area contributed by atoms with Crippen molar-refractivity contribution in [1.29, 1.82) is 0 Å². The number of hydrogen-bond acceptors (Lipinski definition) is 7. The first kappa shape index (κ1) is 21.6. The molecule has 0 spiro atoms. The number of anilines is 1. The Balaban J connectivity index is 1.46. The van der Waals surface area contributed by atoms with Crippen LogP contribution in [0, 0.1) is 15.9 Å². The zero-order valence-corrected chi connectivity index (χ0v) is 18.3. The Morgan fingerprint density at radius 1 is 1.13 bits per heavy atom. The predicted molar refractivity (Wildman–Crippen MR) is 117 cm³/mol. The molecule has 1 aliphatic heterocycles. The average molecular weight is 483 g/mol. The molecule has 1 fully saturated rings. The van der Waals surface area contributed by atoms with Gasteiger partial charge in [0.1, 0.15) is 5.82 Å². The molecule has 0 saturated carbocycles. The van der Waals surface area contributed by atoms with Crippen LogP contribution in [0.3, 0.4) is 0 Å². The minimum absolute atomic E-state index is 0.0419. The van der Waals surface area contributed by atoms with Gasteiger partial charge in [-0.2, -0.15) is 4.31 Å². The number of nitro benzene ring substituents is 1. The summed E-state index contributed by atoms with van der Waals surface area (Å²) in [7, 11) is -3.84. The van der Waals surface area contributed by atoms with Gasteiger partial charge in [-0.15, -0.1) is 11.3 Å². The SMILES string of the molecule is O=[N+]([O-])c1cccc(S(=O)(=O)N2CCN(c3nc(-c4ccc(Cl)c(F)c4)cs3)CC2)c1. The Bertz CT molecular complexity index is 1240. The topological polar surface area (TPSA) is 96.6 Å². The van der Waals surface area contributed by atoms with E-state index in [1.807, 2.05) is 10.3 Å². The number of thiazole rings is 1. The summed E-state index contributed by atoms with van der Waals surface area (Å²) in [6, 6.07) is 9.52. The van der Waals surface area contributed by atoms with Crippen LogP contribution in [-0.4, -0.2) is 48.8 Å². The third kappa shape index (κ3) is 4.40. The van der Waals surface area contributed by atoms with Crippen molar-refractivity contribution in [3.63, 3.8) is 0 Å². The van der Waals surface area contributed by atoms with Crippen molar-refractivity contribution in [2.45, 2.75) is 4.90 Å². The number of hydrogen-bond donors (Lipinski definition) is 0. The zero-order valence-electron chi connectivity index (χ0n) is 15.9. The second-order valence-electron chi connectivity index (χ2n) is 6.79. The van der Waals surface area contributed by atoms with Crippen molar-refractivity contribution < 1.29 is 17.7 Å². The summed E-state index contributed by atoms with van der Waals surface area (Å²) >= 11 is 7.11. The summed E-state index contributed by atoms with van der Waals surface area (Å²) in [6.07, 6.45) is 0. The van der Waals surface area contributed by atoms with Crippen LogP contribution in [0.2, 0.25) is 5.02 Å². The molecule has 0 N–H and O–H groups in total. The molecule has 1 saturated heterocycles. The van der Waals surface area contributed by atoms with E-state index in [1.165, 1.54) is 46.0 Å². The predicted octanol–water partition coefficient (Wildman–Crippen LogP) is 4.02. The van der Waals surface area contributed by atoms with Crippen molar-refractivity contribution in [2.24, 2.45) is 0 Å².